The number of hydrogen-bond donors (Lipinski definition) is 2. The number of nitrogens with one attached hydrogen (secondary N) is 1. The van der Waals surface area contributed by atoms with E-state index in [1.165, 1.54) is 0 Å². The highest BCUT2D eigenvalue weighted by molar-refractivity contribution is 5.79. The van der Waals surface area contributed by atoms with Gasteiger partial charge in [0.1, 0.15) is 6.04 Å². The number of nitrogens with zero attached hydrogens (tertiary/aromatic N) is 2. The van der Waals surface area contributed by atoms with Gasteiger partial charge in [0.15, 0.2) is 0 Å². The highest BCUT2D eigenvalue weighted by atomic mass is 16.3. The Bertz CT molecular complexity index is 284. The van der Waals surface area contributed by atoms with E-state index < -0.39 is 0 Å². The summed E-state index contributed by atoms with van der Waals surface area (Å²) in [6.45, 7) is 3.44. The molecule has 1 aromatic heterocycles. The lowest BCUT2D eigenvalue weighted by Crippen LogP contribution is -2.39. The van der Waals surface area contributed by atoms with Crippen LogP contribution in [0.25, 0.3) is 0 Å². The van der Waals surface area contributed by atoms with E-state index in [0.717, 1.165) is 0 Å². The van der Waals surface area contributed by atoms with Gasteiger partial charge in [-0.1, -0.05) is 0 Å². The molecule has 1 rings (SSSR count). The number of aromatic nitrogens is 2. The lowest BCUT2D eigenvalue weighted by molar-refractivity contribution is -0.125. The smallest absolute Gasteiger partial charge is 0.244 e. The summed E-state index contributed by atoms with van der Waals surface area (Å²) >= 11 is 0. The molecule has 0 aliphatic heterocycles. The summed E-state index contributed by atoms with van der Waals surface area (Å²) in [6, 6.07) is 1.19. The quantitative estimate of drug-likeness (QED) is 0.710. The molecule has 1 unspecified atom stereocenters. The van der Waals surface area contributed by atoms with Gasteiger partial charge in [-0.15, -0.1) is 0 Å². The molecule has 0 spiro atoms. The Morgan fingerprint density at radius 2 is 2.36 bits per heavy atom. The number of carbonyl (C=O) groups excluding carboxylic acids is 1. The molecule has 0 bridgehead atoms. The van der Waals surface area contributed by atoms with E-state index >= 15 is 0 Å². The molecule has 1 aromatic rings. The Labute approximate surface area is 82.7 Å². The van der Waals surface area contributed by atoms with Crippen LogP contribution in [0.4, 0.5) is 0 Å². The molecule has 0 aliphatic rings. The molecule has 14 heavy (non-hydrogen) atoms. The number of aliphatic hydroxyl groups excluding tert-OH is 1. The minimum atomic E-state index is -0.348. The van der Waals surface area contributed by atoms with E-state index in [-0.39, 0.29) is 24.6 Å². The number of rotatable bonds is 4. The van der Waals surface area contributed by atoms with E-state index in [1.807, 2.05) is 0 Å². The van der Waals surface area contributed by atoms with Crippen molar-refractivity contribution in [3.05, 3.63) is 18.5 Å². The highest BCUT2D eigenvalue weighted by Crippen LogP contribution is 2.03. The molecule has 5 nitrogen and oxygen atoms in total. The van der Waals surface area contributed by atoms with Crippen LogP contribution in [-0.2, 0) is 4.79 Å². The van der Waals surface area contributed by atoms with Crippen LogP contribution in [0.1, 0.15) is 19.9 Å². The van der Waals surface area contributed by atoms with Crippen LogP contribution in [0.2, 0.25) is 0 Å². The average molecular weight is 197 g/mol. The third kappa shape index (κ3) is 2.56. The fraction of sp³-hybridized carbons (Fsp3) is 0.556. The summed E-state index contributed by atoms with van der Waals surface area (Å²) in [5.74, 6) is -0.143. The molecule has 2 atom stereocenters. The first-order chi connectivity index (χ1) is 6.65. The number of amides is 1. The van der Waals surface area contributed by atoms with Crippen molar-refractivity contribution in [1.82, 2.24) is 15.1 Å². The molecular formula is C9H15N3O2. The number of hydrogen-bond acceptors (Lipinski definition) is 3. The number of aliphatic hydroxyl groups is 1. The van der Waals surface area contributed by atoms with Gasteiger partial charge in [0.25, 0.3) is 0 Å². The van der Waals surface area contributed by atoms with Crippen molar-refractivity contribution in [2.24, 2.45) is 0 Å². The standard InChI is InChI=1S/C9H15N3O2/c1-7(6-13)11-9(14)8(2)12-5-3-4-10-12/h3-5,7-8,13H,6H2,1-2H3,(H,11,14)/t7-,8?/m1/s1. The lowest BCUT2D eigenvalue weighted by Gasteiger charge is -2.15. The summed E-state index contributed by atoms with van der Waals surface area (Å²) in [5, 5.41) is 15.4. The Morgan fingerprint density at radius 1 is 1.64 bits per heavy atom. The van der Waals surface area contributed by atoms with Crippen molar-refractivity contribution < 1.29 is 9.90 Å². The largest absolute Gasteiger partial charge is 0.394 e. The van der Waals surface area contributed by atoms with Gasteiger partial charge in [0, 0.05) is 18.4 Å². The molecule has 2 N–H and O–H groups in total. The van der Waals surface area contributed by atoms with Crippen molar-refractivity contribution in [2.45, 2.75) is 25.9 Å². The Kier molecular flexibility index (Phi) is 3.64. The summed E-state index contributed by atoms with van der Waals surface area (Å²) < 4.78 is 1.57. The van der Waals surface area contributed by atoms with Crippen LogP contribution in [0, 0.1) is 0 Å². The van der Waals surface area contributed by atoms with Crippen LogP contribution in [0.15, 0.2) is 18.5 Å². The van der Waals surface area contributed by atoms with E-state index in [4.69, 9.17) is 5.11 Å². The third-order valence-electron chi connectivity index (χ3n) is 1.96. The van der Waals surface area contributed by atoms with Crippen LogP contribution in [-0.4, -0.2) is 33.4 Å². The van der Waals surface area contributed by atoms with Crippen LogP contribution in [0.5, 0.6) is 0 Å². The summed E-state index contributed by atoms with van der Waals surface area (Å²) in [4.78, 5) is 11.5. The normalized spacial score (nSPS) is 14.8. The van der Waals surface area contributed by atoms with Crippen molar-refractivity contribution in [2.75, 3.05) is 6.61 Å². The van der Waals surface area contributed by atoms with Gasteiger partial charge in [0.2, 0.25) is 5.91 Å². The Balaban J connectivity index is 2.53. The lowest BCUT2D eigenvalue weighted by atomic mass is 10.3. The van der Waals surface area contributed by atoms with Gasteiger partial charge >= 0.3 is 0 Å². The second kappa shape index (κ2) is 4.76. The molecule has 1 heterocycles. The van der Waals surface area contributed by atoms with Gasteiger partial charge in [-0.05, 0) is 19.9 Å². The van der Waals surface area contributed by atoms with Gasteiger partial charge in [-0.3, -0.25) is 9.48 Å². The average Bonchev–Trinajstić information content (AvgIpc) is 2.69. The first-order valence-electron chi connectivity index (χ1n) is 4.55. The van der Waals surface area contributed by atoms with Crippen molar-refractivity contribution in [1.29, 1.82) is 0 Å². The van der Waals surface area contributed by atoms with E-state index in [2.05, 4.69) is 10.4 Å². The zero-order valence-corrected chi connectivity index (χ0v) is 8.34. The molecule has 78 valence electrons. The third-order valence-corrected chi connectivity index (χ3v) is 1.96. The van der Waals surface area contributed by atoms with E-state index in [1.54, 1.807) is 37.0 Å². The van der Waals surface area contributed by atoms with Gasteiger partial charge < -0.3 is 10.4 Å². The maximum atomic E-state index is 11.5. The fourth-order valence-corrected chi connectivity index (χ4v) is 1.04. The van der Waals surface area contributed by atoms with E-state index in [9.17, 15) is 4.79 Å². The van der Waals surface area contributed by atoms with Crippen LogP contribution < -0.4 is 5.32 Å². The van der Waals surface area contributed by atoms with E-state index in [0.29, 0.717) is 0 Å². The van der Waals surface area contributed by atoms with Crippen molar-refractivity contribution >= 4 is 5.91 Å². The SMILES string of the molecule is CC(C(=O)N[C@H](C)CO)n1cccn1. The molecule has 0 fully saturated rings. The summed E-state index contributed by atoms with van der Waals surface area (Å²) in [7, 11) is 0. The molecule has 1 amide bonds. The van der Waals surface area contributed by atoms with Crippen LogP contribution >= 0.6 is 0 Å². The molecule has 0 saturated carbocycles. The second-order valence-corrected chi connectivity index (χ2v) is 3.25. The molecule has 0 saturated heterocycles. The number of carbonyl (C=O) groups is 1. The fourth-order valence-electron chi connectivity index (χ4n) is 1.04. The van der Waals surface area contributed by atoms with Gasteiger partial charge in [-0.2, -0.15) is 5.10 Å². The Morgan fingerprint density at radius 3 is 2.86 bits per heavy atom. The first kappa shape index (κ1) is 10.7. The molecule has 5 heteroatoms. The predicted molar refractivity (Wildman–Crippen MR) is 51.6 cm³/mol. The topological polar surface area (TPSA) is 67.2 Å². The maximum absolute atomic E-state index is 11.5. The monoisotopic (exact) mass is 197 g/mol. The van der Waals surface area contributed by atoms with Crippen molar-refractivity contribution in [3.63, 3.8) is 0 Å². The highest BCUT2D eigenvalue weighted by Gasteiger charge is 2.16. The zero-order chi connectivity index (χ0) is 10.6. The van der Waals surface area contributed by atoms with Crippen molar-refractivity contribution in [3.8, 4) is 0 Å². The zero-order valence-electron chi connectivity index (χ0n) is 8.34. The minimum Gasteiger partial charge on any atom is -0.394 e. The molecule has 0 aromatic carbocycles. The first-order valence-corrected chi connectivity index (χ1v) is 4.55. The molecular weight excluding hydrogens is 182 g/mol. The Hall–Kier alpha value is -1.36. The summed E-state index contributed by atoms with van der Waals surface area (Å²) in [5.41, 5.74) is 0. The molecule has 0 aliphatic carbocycles. The minimum absolute atomic E-state index is 0.0580. The predicted octanol–water partition coefficient (Wildman–Crippen LogP) is -0.0589. The van der Waals surface area contributed by atoms with Gasteiger partial charge in [-0.25, -0.2) is 0 Å². The second-order valence-electron chi connectivity index (χ2n) is 3.25. The van der Waals surface area contributed by atoms with Crippen LogP contribution in [0.3, 0.4) is 0 Å². The van der Waals surface area contributed by atoms with Gasteiger partial charge in [0.05, 0.1) is 6.61 Å². The summed E-state index contributed by atoms with van der Waals surface area (Å²) in [6.07, 6.45) is 3.35. The molecule has 0 radical (unpaired) electrons. The maximum Gasteiger partial charge on any atom is 0.244 e.